The summed E-state index contributed by atoms with van der Waals surface area (Å²) in [5.74, 6) is 0. The molecule has 0 fully saturated rings. The van der Waals surface area contributed by atoms with E-state index in [1.165, 1.54) is 11.1 Å². The van der Waals surface area contributed by atoms with Crippen LogP contribution in [0.5, 0.6) is 0 Å². The highest BCUT2D eigenvalue weighted by atomic mass is 28.4. The van der Waals surface area contributed by atoms with E-state index in [0.29, 0.717) is 0 Å². The van der Waals surface area contributed by atoms with Crippen molar-refractivity contribution in [3.05, 3.63) is 35.4 Å². The summed E-state index contributed by atoms with van der Waals surface area (Å²) < 4.78 is 5.51. The number of hydrogen-bond acceptors (Lipinski definition) is 1. The molecular formula is C11H18OSi. The van der Waals surface area contributed by atoms with Crippen molar-refractivity contribution in [3.8, 4) is 0 Å². The van der Waals surface area contributed by atoms with E-state index in [0.717, 1.165) is 6.04 Å². The van der Waals surface area contributed by atoms with Gasteiger partial charge in [-0.15, -0.1) is 0 Å². The fourth-order valence-corrected chi connectivity index (χ4v) is 2.63. The molecule has 2 heteroatoms. The number of hydrogen-bond donors (Lipinski definition) is 0. The Kier molecular flexibility index (Phi) is 3.28. The van der Waals surface area contributed by atoms with Crippen molar-refractivity contribution in [1.82, 2.24) is 0 Å². The fourth-order valence-electron chi connectivity index (χ4n) is 1.27. The van der Waals surface area contributed by atoms with E-state index in [-0.39, 0.29) is 0 Å². The second kappa shape index (κ2) is 4.07. The van der Waals surface area contributed by atoms with Crippen molar-refractivity contribution in [2.24, 2.45) is 0 Å². The zero-order valence-electron chi connectivity index (χ0n) is 8.92. The van der Waals surface area contributed by atoms with Crippen LogP contribution in [0.15, 0.2) is 24.3 Å². The van der Waals surface area contributed by atoms with Gasteiger partial charge in [0.1, 0.15) is 0 Å². The standard InChI is InChI=1S/C11H18OSi/c1-10-5-7-11(8-6-10)9-13(3,4)12-2/h5-8H,9H2,1-4H3. The zero-order valence-corrected chi connectivity index (χ0v) is 9.92. The van der Waals surface area contributed by atoms with Crippen molar-refractivity contribution in [3.63, 3.8) is 0 Å². The van der Waals surface area contributed by atoms with Gasteiger partial charge in [-0.1, -0.05) is 29.8 Å². The second-order valence-corrected chi connectivity index (χ2v) is 8.41. The molecule has 0 saturated heterocycles. The first-order valence-electron chi connectivity index (χ1n) is 4.64. The molecule has 1 aromatic carbocycles. The molecule has 0 aliphatic carbocycles. The van der Waals surface area contributed by atoms with Crippen LogP contribution in [0.3, 0.4) is 0 Å². The van der Waals surface area contributed by atoms with Crippen LogP contribution >= 0.6 is 0 Å². The number of aryl methyl sites for hydroxylation is 1. The minimum absolute atomic E-state index is 1.10. The van der Waals surface area contributed by atoms with Crippen LogP contribution in [-0.4, -0.2) is 15.4 Å². The third-order valence-electron chi connectivity index (χ3n) is 2.30. The normalized spacial score (nSPS) is 11.7. The molecule has 0 radical (unpaired) electrons. The molecule has 1 rings (SSSR count). The second-order valence-electron chi connectivity index (χ2n) is 4.13. The van der Waals surface area contributed by atoms with E-state index in [1.807, 2.05) is 7.11 Å². The largest absolute Gasteiger partial charge is 0.420 e. The summed E-state index contributed by atoms with van der Waals surface area (Å²) in [6.45, 7) is 6.60. The summed E-state index contributed by atoms with van der Waals surface area (Å²) in [7, 11) is 0.384. The molecule has 0 heterocycles. The molecule has 1 aromatic rings. The van der Waals surface area contributed by atoms with Gasteiger partial charge in [0.05, 0.1) is 0 Å². The molecule has 0 aromatic heterocycles. The Labute approximate surface area is 81.9 Å². The smallest absolute Gasteiger partial charge is 0.190 e. The topological polar surface area (TPSA) is 9.23 Å². The van der Waals surface area contributed by atoms with Crippen LogP contribution in [0.4, 0.5) is 0 Å². The molecule has 0 aliphatic rings. The summed E-state index contributed by atoms with van der Waals surface area (Å²) in [5.41, 5.74) is 2.71. The quantitative estimate of drug-likeness (QED) is 0.672. The zero-order chi connectivity index (χ0) is 9.90. The van der Waals surface area contributed by atoms with Crippen LogP contribution in [0.25, 0.3) is 0 Å². The van der Waals surface area contributed by atoms with Crippen molar-refractivity contribution < 1.29 is 4.43 Å². The Morgan fingerprint density at radius 1 is 1.15 bits per heavy atom. The van der Waals surface area contributed by atoms with Crippen molar-refractivity contribution >= 4 is 8.32 Å². The Morgan fingerprint density at radius 2 is 1.69 bits per heavy atom. The van der Waals surface area contributed by atoms with Gasteiger partial charge in [-0.2, -0.15) is 0 Å². The highest BCUT2D eigenvalue weighted by molar-refractivity contribution is 6.70. The van der Waals surface area contributed by atoms with E-state index in [4.69, 9.17) is 4.43 Å². The lowest BCUT2D eigenvalue weighted by Gasteiger charge is -2.19. The third kappa shape index (κ3) is 3.33. The SMILES string of the molecule is CO[Si](C)(C)Cc1ccc(C)cc1. The Bertz CT molecular complexity index is 264. The van der Waals surface area contributed by atoms with Gasteiger partial charge in [0.25, 0.3) is 0 Å². The molecular weight excluding hydrogens is 176 g/mol. The van der Waals surface area contributed by atoms with Gasteiger partial charge >= 0.3 is 0 Å². The lowest BCUT2D eigenvalue weighted by atomic mass is 10.2. The molecule has 0 amide bonds. The summed E-state index contributed by atoms with van der Waals surface area (Å²) in [5, 5.41) is 0. The first-order valence-corrected chi connectivity index (χ1v) is 7.76. The molecule has 72 valence electrons. The first kappa shape index (κ1) is 10.5. The molecule has 0 saturated carbocycles. The minimum atomic E-state index is -1.44. The van der Waals surface area contributed by atoms with Gasteiger partial charge in [-0.3, -0.25) is 0 Å². The maximum absolute atomic E-state index is 5.51. The highest BCUT2D eigenvalue weighted by Gasteiger charge is 2.20. The van der Waals surface area contributed by atoms with Crippen LogP contribution in [0.1, 0.15) is 11.1 Å². The first-order chi connectivity index (χ1) is 6.03. The van der Waals surface area contributed by atoms with E-state index >= 15 is 0 Å². The van der Waals surface area contributed by atoms with Crippen LogP contribution in [-0.2, 0) is 10.5 Å². The van der Waals surface area contributed by atoms with Gasteiger partial charge in [-0.25, -0.2) is 0 Å². The summed E-state index contributed by atoms with van der Waals surface area (Å²) in [4.78, 5) is 0. The van der Waals surface area contributed by atoms with Crippen LogP contribution in [0.2, 0.25) is 13.1 Å². The predicted octanol–water partition coefficient (Wildman–Crippen LogP) is 2.93. The van der Waals surface area contributed by atoms with E-state index in [9.17, 15) is 0 Å². The highest BCUT2D eigenvalue weighted by Crippen LogP contribution is 2.12. The van der Waals surface area contributed by atoms with E-state index in [1.54, 1.807) is 0 Å². The molecule has 0 atom stereocenters. The fraction of sp³-hybridized carbons (Fsp3) is 0.455. The van der Waals surface area contributed by atoms with Crippen LogP contribution in [0, 0.1) is 6.92 Å². The summed E-state index contributed by atoms with van der Waals surface area (Å²) in [6, 6.07) is 9.82. The maximum Gasteiger partial charge on any atom is 0.190 e. The Balaban J connectivity index is 2.69. The molecule has 0 bridgehead atoms. The molecule has 0 unspecified atom stereocenters. The summed E-state index contributed by atoms with van der Waals surface area (Å²) in [6.07, 6.45) is 0. The van der Waals surface area contributed by atoms with E-state index in [2.05, 4.69) is 44.3 Å². The van der Waals surface area contributed by atoms with Gasteiger partial charge in [0, 0.05) is 7.11 Å². The monoisotopic (exact) mass is 194 g/mol. The number of rotatable bonds is 3. The number of benzene rings is 1. The lowest BCUT2D eigenvalue weighted by Crippen LogP contribution is -2.32. The third-order valence-corrected chi connectivity index (χ3v) is 4.67. The average Bonchev–Trinajstić information content (AvgIpc) is 2.09. The summed E-state index contributed by atoms with van der Waals surface area (Å²) >= 11 is 0. The molecule has 13 heavy (non-hydrogen) atoms. The molecule has 0 aliphatic heterocycles. The van der Waals surface area contributed by atoms with E-state index < -0.39 is 8.32 Å². The van der Waals surface area contributed by atoms with Gasteiger partial charge in [0.2, 0.25) is 0 Å². The Hall–Kier alpha value is -0.603. The Morgan fingerprint density at radius 3 is 2.15 bits per heavy atom. The molecule has 0 N–H and O–H groups in total. The van der Waals surface area contributed by atoms with Crippen LogP contribution < -0.4 is 0 Å². The van der Waals surface area contributed by atoms with Gasteiger partial charge in [-0.05, 0) is 31.6 Å². The molecule has 1 nitrogen and oxygen atoms in total. The molecule has 0 spiro atoms. The predicted molar refractivity (Wildman–Crippen MR) is 59.4 cm³/mol. The van der Waals surface area contributed by atoms with Gasteiger partial charge < -0.3 is 4.43 Å². The average molecular weight is 194 g/mol. The van der Waals surface area contributed by atoms with Crippen molar-refractivity contribution in [1.29, 1.82) is 0 Å². The minimum Gasteiger partial charge on any atom is -0.420 e. The maximum atomic E-state index is 5.51. The van der Waals surface area contributed by atoms with Gasteiger partial charge in [0.15, 0.2) is 8.32 Å². The van der Waals surface area contributed by atoms with Crippen molar-refractivity contribution in [2.75, 3.05) is 7.11 Å². The van der Waals surface area contributed by atoms with Crippen molar-refractivity contribution in [2.45, 2.75) is 26.1 Å². The lowest BCUT2D eigenvalue weighted by molar-refractivity contribution is 0.403.